The van der Waals surface area contributed by atoms with E-state index in [1.54, 1.807) is 0 Å². The average molecular weight is 1010 g/mol. The molecule has 0 amide bonds. The third-order valence-corrected chi connectivity index (χ3v) is 15.2. The molecule has 0 bridgehead atoms. The first-order chi connectivity index (χ1) is 39.2. The van der Waals surface area contributed by atoms with Crippen LogP contribution in [0.2, 0.25) is 0 Å². The lowest BCUT2D eigenvalue weighted by Crippen LogP contribution is -2.13. The van der Waals surface area contributed by atoms with Gasteiger partial charge in [0.25, 0.3) is 0 Å². The van der Waals surface area contributed by atoms with Crippen LogP contribution in [-0.2, 0) is 0 Å². The van der Waals surface area contributed by atoms with Crippen molar-refractivity contribution in [2.75, 3.05) is 9.80 Å². The Bertz CT molecular complexity index is 4490. The Morgan fingerprint density at radius 3 is 1.15 bits per heavy atom. The van der Waals surface area contributed by atoms with Crippen LogP contribution < -0.4 is 9.80 Å². The van der Waals surface area contributed by atoms with Gasteiger partial charge in [-0.15, -0.1) is 0 Å². The molecule has 0 aliphatic heterocycles. The van der Waals surface area contributed by atoms with Gasteiger partial charge in [0.1, 0.15) is 11.2 Å². The Morgan fingerprint density at radius 2 is 0.595 bits per heavy atom. The molecule has 3 nitrogen and oxygen atoms in total. The minimum absolute atomic E-state index is 0.879. The van der Waals surface area contributed by atoms with Crippen LogP contribution in [0.3, 0.4) is 0 Å². The zero-order valence-electron chi connectivity index (χ0n) is 43.3. The zero-order valence-corrected chi connectivity index (χ0v) is 43.3. The molecule has 13 aromatic carbocycles. The van der Waals surface area contributed by atoms with Gasteiger partial charge < -0.3 is 14.2 Å². The smallest absolute Gasteiger partial charge is 0.136 e. The number of nitrogens with zero attached hydrogens (tertiary/aromatic N) is 2. The van der Waals surface area contributed by atoms with Gasteiger partial charge in [-0.3, -0.25) is 0 Å². The van der Waals surface area contributed by atoms with Gasteiger partial charge in [0.05, 0.1) is 17.1 Å². The number of anilines is 6. The average Bonchev–Trinajstić information content (AvgIpc) is 4.04. The fourth-order valence-corrected chi connectivity index (χ4v) is 11.6. The summed E-state index contributed by atoms with van der Waals surface area (Å²) in [5.74, 6) is 0. The van der Waals surface area contributed by atoms with Crippen molar-refractivity contribution in [3.63, 3.8) is 0 Å². The molecular formula is C76H52N2O. The minimum atomic E-state index is 0.879. The fourth-order valence-electron chi connectivity index (χ4n) is 11.6. The molecule has 372 valence electrons. The van der Waals surface area contributed by atoms with Crippen LogP contribution in [0.25, 0.3) is 99.5 Å². The monoisotopic (exact) mass is 1010 g/mol. The van der Waals surface area contributed by atoms with Crippen molar-refractivity contribution in [1.29, 1.82) is 0 Å². The van der Waals surface area contributed by atoms with Gasteiger partial charge in [0.15, 0.2) is 0 Å². The first-order valence-electron chi connectivity index (χ1n) is 27.0. The molecule has 0 atom stereocenters. The van der Waals surface area contributed by atoms with Crippen molar-refractivity contribution in [3.8, 4) is 66.8 Å². The van der Waals surface area contributed by atoms with Crippen LogP contribution in [0.5, 0.6) is 0 Å². The van der Waals surface area contributed by atoms with Gasteiger partial charge in [0, 0.05) is 44.5 Å². The first-order valence-corrected chi connectivity index (χ1v) is 27.0. The third-order valence-electron chi connectivity index (χ3n) is 15.2. The van der Waals surface area contributed by atoms with Crippen LogP contribution in [-0.4, -0.2) is 0 Å². The second kappa shape index (κ2) is 20.6. The van der Waals surface area contributed by atoms with Crippen molar-refractivity contribution >= 4 is 66.8 Å². The van der Waals surface area contributed by atoms with Crippen molar-refractivity contribution in [2.45, 2.75) is 0 Å². The number of hydrogen-bond acceptors (Lipinski definition) is 3. The Hall–Kier alpha value is -10.5. The molecule has 0 unspecified atom stereocenters. The van der Waals surface area contributed by atoms with Crippen LogP contribution >= 0.6 is 0 Å². The molecule has 0 spiro atoms. The topological polar surface area (TPSA) is 19.6 Å². The van der Waals surface area contributed by atoms with Gasteiger partial charge in [0.2, 0.25) is 0 Å². The van der Waals surface area contributed by atoms with Gasteiger partial charge in [-0.1, -0.05) is 243 Å². The molecule has 79 heavy (non-hydrogen) atoms. The molecule has 1 aromatic heterocycles. The highest BCUT2D eigenvalue weighted by atomic mass is 16.3. The second-order valence-corrected chi connectivity index (χ2v) is 20.0. The van der Waals surface area contributed by atoms with E-state index in [1.807, 2.05) is 0 Å². The summed E-state index contributed by atoms with van der Waals surface area (Å²) in [4.78, 5) is 4.86. The number of para-hydroxylation sites is 3. The lowest BCUT2D eigenvalue weighted by atomic mass is 9.94. The van der Waals surface area contributed by atoms with Crippen LogP contribution in [0.15, 0.2) is 320 Å². The maximum Gasteiger partial charge on any atom is 0.136 e. The molecule has 0 aliphatic rings. The summed E-state index contributed by atoms with van der Waals surface area (Å²) in [5.41, 5.74) is 21.8. The van der Waals surface area contributed by atoms with Gasteiger partial charge in [-0.2, -0.15) is 0 Å². The van der Waals surface area contributed by atoms with E-state index in [9.17, 15) is 0 Å². The fraction of sp³-hybridized carbons (Fsp3) is 0. The summed E-state index contributed by atoms with van der Waals surface area (Å²) in [5, 5.41) is 4.60. The summed E-state index contributed by atoms with van der Waals surface area (Å²) in [6.45, 7) is 0. The first kappa shape index (κ1) is 47.0. The van der Waals surface area contributed by atoms with E-state index in [2.05, 4.69) is 325 Å². The summed E-state index contributed by atoms with van der Waals surface area (Å²) in [7, 11) is 0. The molecule has 3 heteroatoms. The predicted octanol–water partition coefficient (Wildman–Crippen LogP) is 21.7. The standard InChI is InChI=1S/C76H52N2O/c1-4-23-53(24-5-1)64-35-12-13-36-65(64)59-31-20-33-62(49-59)77(71-41-17-14-37-66(71)54-25-6-2-7-26-54)63-34-21-32-60(50-63)68-39-16-19-43-73(68)78(72-42-18-15-38-67(72)55-27-8-3-9-28-55)61-47-45-56(46-48-61)69-40-22-44-74-76(69)70-51-57-29-10-11-30-58(57)52-75(70)79-74/h1-52H. The third kappa shape index (κ3) is 8.89. The molecule has 0 aliphatic carbocycles. The second-order valence-electron chi connectivity index (χ2n) is 20.0. The Balaban J connectivity index is 0.925. The maximum absolute atomic E-state index is 6.54. The lowest BCUT2D eigenvalue weighted by Gasteiger charge is -2.31. The summed E-state index contributed by atoms with van der Waals surface area (Å²) < 4.78 is 6.54. The van der Waals surface area contributed by atoms with E-state index in [0.29, 0.717) is 0 Å². The molecular weight excluding hydrogens is 957 g/mol. The molecule has 0 fully saturated rings. The van der Waals surface area contributed by atoms with E-state index in [4.69, 9.17) is 4.42 Å². The predicted molar refractivity (Wildman–Crippen MR) is 333 cm³/mol. The van der Waals surface area contributed by atoms with Gasteiger partial charge in [-0.05, 0) is 134 Å². The van der Waals surface area contributed by atoms with E-state index < -0.39 is 0 Å². The number of rotatable bonds is 12. The molecule has 14 rings (SSSR count). The number of fused-ring (bicyclic) bond motifs is 4. The largest absolute Gasteiger partial charge is 0.456 e. The molecule has 0 N–H and O–H groups in total. The van der Waals surface area contributed by atoms with Crippen LogP contribution in [0.1, 0.15) is 0 Å². The van der Waals surface area contributed by atoms with E-state index in [1.165, 1.54) is 27.5 Å². The Morgan fingerprint density at radius 1 is 0.215 bits per heavy atom. The zero-order chi connectivity index (χ0) is 52.5. The molecule has 0 radical (unpaired) electrons. The number of hydrogen-bond donors (Lipinski definition) is 0. The van der Waals surface area contributed by atoms with Gasteiger partial charge in [-0.25, -0.2) is 0 Å². The van der Waals surface area contributed by atoms with Crippen molar-refractivity contribution in [3.05, 3.63) is 315 Å². The summed E-state index contributed by atoms with van der Waals surface area (Å²) >= 11 is 0. The Labute approximate surface area is 460 Å². The summed E-state index contributed by atoms with van der Waals surface area (Å²) in [6.07, 6.45) is 0. The van der Waals surface area contributed by atoms with Gasteiger partial charge >= 0.3 is 0 Å². The van der Waals surface area contributed by atoms with E-state index >= 15 is 0 Å². The molecule has 1 heterocycles. The number of furan rings is 1. The van der Waals surface area contributed by atoms with Crippen molar-refractivity contribution in [1.82, 2.24) is 0 Å². The molecule has 0 saturated heterocycles. The normalized spacial score (nSPS) is 11.3. The Kier molecular flexibility index (Phi) is 12.2. The van der Waals surface area contributed by atoms with E-state index in [-0.39, 0.29) is 0 Å². The molecule has 14 aromatic rings. The number of benzene rings is 13. The quantitative estimate of drug-likeness (QED) is 0.122. The highest BCUT2D eigenvalue weighted by molar-refractivity contribution is 6.15. The molecule has 0 saturated carbocycles. The highest BCUT2D eigenvalue weighted by Crippen LogP contribution is 2.48. The SMILES string of the molecule is c1ccc(-c2ccccc2-c2cccc(N(c3cccc(-c4ccccc4N(c4ccc(-c5cccc6oc7cc8ccccc8cc7c56)cc4)c4ccccc4-c4ccccc4)c3)c3ccccc3-c3ccccc3)c2)cc1. The van der Waals surface area contributed by atoms with Crippen LogP contribution in [0, 0.1) is 0 Å². The van der Waals surface area contributed by atoms with Crippen LogP contribution in [0.4, 0.5) is 34.1 Å². The highest BCUT2D eigenvalue weighted by Gasteiger charge is 2.24. The lowest BCUT2D eigenvalue weighted by molar-refractivity contribution is 0.669. The van der Waals surface area contributed by atoms with Crippen molar-refractivity contribution in [2.24, 2.45) is 0 Å². The summed E-state index contributed by atoms with van der Waals surface area (Å²) in [6, 6.07) is 114. The van der Waals surface area contributed by atoms with Crippen molar-refractivity contribution < 1.29 is 4.42 Å². The maximum atomic E-state index is 6.54. The van der Waals surface area contributed by atoms with E-state index in [0.717, 1.165) is 106 Å². The minimum Gasteiger partial charge on any atom is -0.456 e.